The van der Waals surface area contributed by atoms with Crippen LogP contribution in [-0.2, 0) is 20.3 Å². The van der Waals surface area contributed by atoms with Crippen LogP contribution in [0.2, 0.25) is 0 Å². The molecule has 4 heteroatoms. The zero-order chi connectivity index (χ0) is 9.56. The number of ether oxygens (including phenoxy) is 1. The lowest BCUT2D eigenvalue weighted by atomic mass is 10.6. The van der Waals surface area contributed by atoms with Crippen LogP contribution in [0.15, 0.2) is 11.5 Å². The van der Waals surface area contributed by atoms with Crippen LogP contribution in [-0.4, -0.2) is 22.5 Å². The molecular formula is C8H14O3S. The van der Waals surface area contributed by atoms with E-state index in [-0.39, 0.29) is 4.91 Å². The van der Waals surface area contributed by atoms with Crippen LogP contribution in [0.3, 0.4) is 0 Å². The molecule has 0 aromatic rings. The monoisotopic (exact) mass is 190 g/mol. The Labute approximate surface area is 75.3 Å². The van der Waals surface area contributed by atoms with E-state index in [1.54, 1.807) is 6.92 Å². The highest BCUT2D eigenvalue weighted by molar-refractivity contribution is 7.89. The summed E-state index contributed by atoms with van der Waals surface area (Å²) < 4.78 is 15.8. The minimum absolute atomic E-state index is 0.0682. The Morgan fingerprint density at radius 2 is 2.08 bits per heavy atom. The molecule has 0 radical (unpaired) electrons. The summed E-state index contributed by atoms with van der Waals surface area (Å²) in [5, 5.41) is 0. The third-order valence-electron chi connectivity index (χ3n) is 1.17. The Hall–Kier alpha value is -0.640. The fraction of sp³-hybridized carbons (Fsp3) is 0.625. The first-order valence-electron chi connectivity index (χ1n) is 3.87. The Bertz CT molecular complexity index is 178. The van der Waals surface area contributed by atoms with Gasteiger partial charge in [-0.1, -0.05) is 13.5 Å². The van der Waals surface area contributed by atoms with Gasteiger partial charge in [0.15, 0.2) is 0 Å². The Morgan fingerprint density at radius 1 is 1.50 bits per heavy atom. The summed E-state index contributed by atoms with van der Waals surface area (Å²) in [5.41, 5.74) is 0. The van der Waals surface area contributed by atoms with Crippen molar-refractivity contribution in [2.24, 2.45) is 0 Å². The topological polar surface area (TPSA) is 43.4 Å². The lowest BCUT2D eigenvalue weighted by Gasteiger charge is -2.03. The van der Waals surface area contributed by atoms with Gasteiger partial charge in [0, 0.05) is 5.75 Å². The van der Waals surface area contributed by atoms with Crippen molar-refractivity contribution < 1.29 is 13.7 Å². The van der Waals surface area contributed by atoms with E-state index in [1.165, 1.54) is 0 Å². The largest absolute Gasteiger partial charge is 0.462 e. The Balaban J connectivity index is 4.01. The summed E-state index contributed by atoms with van der Waals surface area (Å²) in [4.78, 5) is 11.0. The SMILES string of the molecule is C=C(C(=O)OCC)S(=O)CCC. The fourth-order valence-electron chi connectivity index (χ4n) is 0.613. The predicted octanol–water partition coefficient (Wildman–Crippen LogP) is 1.22. The zero-order valence-corrected chi connectivity index (χ0v) is 8.28. The van der Waals surface area contributed by atoms with Crippen molar-refractivity contribution in [1.29, 1.82) is 0 Å². The van der Waals surface area contributed by atoms with Gasteiger partial charge in [-0.2, -0.15) is 0 Å². The molecule has 0 aliphatic rings. The molecular weight excluding hydrogens is 176 g/mol. The maximum absolute atomic E-state index is 11.2. The van der Waals surface area contributed by atoms with Gasteiger partial charge < -0.3 is 4.74 Å². The van der Waals surface area contributed by atoms with Crippen molar-refractivity contribution in [2.75, 3.05) is 12.4 Å². The summed E-state index contributed by atoms with van der Waals surface area (Å²) in [6, 6.07) is 0. The van der Waals surface area contributed by atoms with Crippen LogP contribution in [0.25, 0.3) is 0 Å². The van der Waals surface area contributed by atoms with Gasteiger partial charge >= 0.3 is 5.97 Å². The highest BCUT2D eigenvalue weighted by atomic mass is 32.2. The van der Waals surface area contributed by atoms with Gasteiger partial charge in [0.05, 0.1) is 17.4 Å². The smallest absolute Gasteiger partial charge is 0.346 e. The average molecular weight is 190 g/mol. The van der Waals surface area contributed by atoms with Crippen molar-refractivity contribution in [3.63, 3.8) is 0 Å². The first-order valence-corrected chi connectivity index (χ1v) is 5.19. The number of hydrogen-bond donors (Lipinski definition) is 0. The quantitative estimate of drug-likeness (QED) is 0.483. The minimum Gasteiger partial charge on any atom is -0.462 e. The first-order chi connectivity index (χ1) is 5.63. The number of rotatable bonds is 5. The molecule has 70 valence electrons. The van der Waals surface area contributed by atoms with Gasteiger partial charge in [-0.3, -0.25) is 4.21 Å². The third kappa shape index (κ3) is 3.67. The van der Waals surface area contributed by atoms with Gasteiger partial charge in [-0.05, 0) is 13.3 Å². The van der Waals surface area contributed by atoms with E-state index in [0.29, 0.717) is 12.4 Å². The van der Waals surface area contributed by atoms with E-state index in [9.17, 15) is 9.00 Å². The fourth-order valence-corrected chi connectivity index (χ4v) is 1.48. The van der Waals surface area contributed by atoms with E-state index in [0.717, 1.165) is 6.42 Å². The molecule has 0 bridgehead atoms. The summed E-state index contributed by atoms with van der Waals surface area (Å²) in [6.45, 7) is 7.31. The van der Waals surface area contributed by atoms with Crippen LogP contribution in [0.5, 0.6) is 0 Å². The number of carbonyl (C=O) groups excluding carboxylic acids is 1. The molecule has 0 aliphatic heterocycles. The van der Waals surface area contributed by atoms with Crippen LogP contribution >= 0.6 is 0 Å². The molecule has 0 spiro atoms. The first kappa shape index (κ1) is 11.4. The van der Waals surface area contributed by atoms with Crippen molar-refractivity contribution in [3.05, 3.63) is 11.5 Å². The van der Waals surface area contributed by atoms with Crippen molar-refractivity contribution in [3.8, 4) is 0 Å². The molecule has 0 saturated heterocycles. The van der Waals surface area contributed by atoms with Crippen molar-refractivity contribution in [1.82, 2.24) is 0 Å². The standard InChI is InChI=1S/C8H14O3S/c1-4-6-12(10)7(3)8(9)11-5-2/h3-6H2,1-2H3. The molecule has 0 heterocycles. The molecule has 0 amide bonds. The van der Waals surface area contributed by atoms with Gasteiger partial charge in [-0.15, -0.1) is 0 Å². The van der Waals surface area contributed by atoms with Gasteiger partial charge in [0.2, 0.25) is 0 Å². The summed E-state index contributed by atoms with van der Waals surface area (Å²) in [7, 11) is -1.27. The molecule has 0 fully saturated rings. The lowest BCUT2D eigenvalue weighted by molar-refractivity contribution is -0.137. The number of esters is 1. The second-order valence-corrected chi connectivity index (χ2v) is 3.79. The molecule has 0 aromatic heterocycles. The molecule has 0 N–H and O–H groups in total. The number of hydrogen-bond acceptors (Lipinski definition) is 3. The molecule has 1 atom stereocenters. The van der Waals surface area contributed by atoms with E-state index in [1.807, 2.05) is 6.92 Å². The van der Waals surface area contributed by atoms with E-state index in [2.05, 4.69) is 11.3 Å². The van der Waals surface area contributed by atoms with Crippen molar-refractivity contribution >= 4 is 16.8 Å². The summed E-state index contributed by atoms with van der Waals surface area (Å²) in [5.74, 6) is -0.0817. The van der Waals surface area contributed by atoms with Crippen LogP contribution < -0.4 is 0 Å². The molecule has 12 heavy (non-hydrogen) atoms. The molecule has 0 aromatic carbocycles. The average Bonchev–Trinajstić information content (AvgIpc) is 2.04. The highest BCUT2D eigenvalue weighted by Gasteiger charge is 2.13. The second-order valence-electron chi connectivity index (χ2n) is 2.19. The van der Waals surface area contributed by atoms with Gasteiger partial charge in [0.25, 0.3) is 0 Å². The van der Waals surface area contributed by atoms with Gasteiger partial charge in [0.1, 0.15) is 4.91 Å². The second kappa shape index (κ2) is 5.94. The number of carbonyl (C=O) groups is 1. The van der Waals surface area contributed by atoms with Gasteiger partial charge in [-0.25, -0.2) is 4.79 Å². The highest BCUT2D eigenvalue weighted by Crippen LogP contribution is 2.03. The van der Waals surface area contributed by atoms with Crippen LogP contribution in [0.1, 0.15) is 20.3 Å². The van der Waals surface area contributed by atoms with E-state index in [4.69, 9.17) is 0 Å². The zero-order valence-electron chi connectivity index (χ0n) is 7.46. The summed E-state index contributed by atoms with van der Waals surface area (Å²) >= 11 is 0. The maximum atomic E-state index is 11.2. The molecule has 0 rings (SSSR count). The van der Waals surface area contributed by atoms with E-state index < -0.39 is 16.8 Å². The lowest BCUT2D eigenvalue weighted by Crippen LogP contribution is -2.12. The molecule has 0 aliphatic carbocycles. The third-order valence-corrected chi connectivity index (χ3v) is 2.66. The minimum atomic E-state index is -1.27. The molecule has 0 saturated carbocycles. The summed E-state index contributed by atoms with van der Waals surface area (Å²) in [6.07, 6.45) is 0.769. The Morgan fingerprint density at radius 3 is 2.50 bits per heavy atom. The predicted molar refractivity (Wildman–Crippen MR) is 49.1 cm³/mol. The maximum Gasteiger partial charge on any atom is 0.346 e. The van der Waals surface area contributed by atoms with E-state index >= 15 is 0 Å². The van der Waals surface area contributed by atoms with Crippen LogP contribution in [0.4, 0.5) is 0 Å². The molecule has 3 nitrogen and oxygen atoms in total. The van der Waals surface area contributed by atoms with Crippen LogP contribution in [0, 0.1) is 0 Å². The molecule has 1 unspecified atom stereocenters. The van der Waals surface area contributed by atoms with Crippen molar-refractivity contribution in [2.45, 2.75) is 20.3 Å². The Kier molecular flexibility index (Phi) is 5.62. The normalized spacial score (nSPS) is 12.2.